The van der Waals surface area contributed by atoms with E-state index in [4.69, 9.17) is 4.98 Å². The van der Waals surface area contributed by atoms with Crippen molar-refractivity contribution in [3.8, 4) is 0 Å². The summed E-state index contributed by atoms with van der Waals surface area (Å²) in [5.41, 5.74) is 4.35. The summed E-state index contributed by atoms with van der Waals surface area (Å²) >= 11 is 0. The van der Waals surface area contributed by atoms with Crippen molar-refractivity contribution >= 4 is 26.6 Å². The van der Waals surface area contributed by atoms with Crippen molar-refractivity contribution < 1.29 is 8.42 Å². The minimum absolute atomic E-state index is 0.236. The van der Waals surface area contributed by atoms with E-state index in [9.17, 15) is 8.42 Å². The summed E-state index contributed by atoms with van der Waals surface area (Å²) in [4.78, 5) is 4.99. The lowest BCUT2D eigenvalue weighted by atomic mass is 10.1. The lowest BCUT2D eigenvalue weighted by Gasteiger charge is -2.11. The van der Waals surface area contributed by atoms with E-state index in [0.717, 1.165) is 29.5 Å². The number of fused-ring (bicyclic) bond motifs is 1. The number of aryl methyl sites for hydroxylation is 3. The number of pyridine rings is 1. The molecule has 0 spiro atoms. The van der Waals surface area contributed by atoms with Gasteiger partial charge in [-0.25, -0.2) is 8.42 Å². The molecule has 0 unspecified atom stereocenters. The second-order valence-corrected chi connectivity index (χ2v) is 8.77. The molecule has 4 nitrogen and oxygen atoms in total. The SMILES string of the molecule is Cc1ccc(S(=O)(=O)Nc2cccc3ccc(CCc4ccccc4)nc23)cc1. The van der Waals surface area contributed by atoms with E-state index in [0.29, 0.717) is 11.2 Å². The van der Waals surface area contributed by atoms with E-state index >= 15 is 0 Å². The third kappa shape index (κ3) is 4.46. The minimum atomic E-state index is -3.68. The number of hydrogen-bond acceptors (Lipinski definition) is 3. The molecule has 1 heterocycles. The van der Waals surface area contributed by atoms with Gasteiger partial charge in [0.2, 0.25) is 0 Å². The number of hydrogen-bond donors (Lipinski definition) is 1. The summed E-state index contributed by atoms with van der Waals surface area (Å²) in [7, 11) is -3.68. The number of nitrogens with one attached hydrogen (secondary N) is 1. The summed E-state index contributed by atoms with van der Waals surface area (Å²) in [5, 5.41) is 0.901. The summed E-state index contributed by atoms with van der Waals surface area (Å²) in [5.74, 6) is 0. The Hall–Kier alpha value is -3.18. The molecule has 5 heteroatoms. The second kappa shape index (κ2) is 8.05. The number of anilines is 1. The standard InChI is InChI=1S/C24H22N2O2S/c1-18-10-16-22(17-11-18)29(27,28)26-23-9-5-8-20-13-15-21(25-24(20)23)14-12-19-6-3-2-4-7-19/h2-11,13,15-17,26H,12,14H2,1H3. The number of sulfonamides is 1. The first-order valence-electron chi connectivity index (χ1n) is 9.53. The van der Waals surface area contributed by atoms with Crippen LogP contribution in [-0.4, -0.2) is 13.4 Å². The molecule has 0 aliphatic heterocycles. The van der Waals surface area contributed by atoms with E-state index in [2.05, 4.69) is 16.9 Å². The van der Waals surface area contributed by atoms with E-state index in [1.165, 1.54) is 5.56 Å². The van der Waals surface area contributed by atoms with Gasteiger partial charge < -0.3 is 0 Å². The van der Waals surface area contributed by atoms with Crippen LogP contribution in [0.25, 0.3) is 10.9 Å². The lowest BCUT2D eigenvalue weighted by molar-refractivity contribution is 0.601. The third-order valence-corrected chi connectivity index (χ3v) is 6.25. The van der Waals surface area contributed by atoms with E-state index in [1.807, 2.05) is 49.4 Å². The maximum Gasteiger partial charge on any atom is 0.261 e. The molecular formula is C24H22N2O2S. The van der Waals surface area contributed by atoms with Crippen molar-refractivity contribution in [3.63, 3.8) is 0 Å². The van der Waals surface area contributed by atoms with Crippen LogP contribution in [0.3, 0.4) is 0 Å². The lowest BCUT2D eigenvalue weighted by Crippen LogP contribution is -2.13. The van der Waals surface area contributed by atoms with Crippen molar-refractivity contribution in [3.05, 3.63) is 102 Å². The molecule has 0 aliphatic rings. The first-order valence-corrected chi connectivity index (χ1v) is 11.0. The van der Waals surface area contributed by atoms with Crippen molar-refractivity contribution in [2.24, 2.45) is 0 Å². The first kappa shape index (κ1) is 19.2. The fourth-order valence-corrected chi connectivity index (χ4v) is 4.31. The van der Waals surface area contributed by atoms with Crippen LogP contribution in [0.15, 0.2) is 89.8 Å². The molecule has 146 valence electrons. The highest BCUT2D eigenvalue weighted by Crippen LogP contribution is 2.25. The van der Waals surface area contributed by atoms with Gasteiger partial charge in [0.25, 0.3) is 10.0 Å². The molecule has 1 aromatic heterocycles. The largest absolute Gasteiger partial charge is 0.277 e. The van der Waals surface area contributed by atoms with Crippen LogP contribution in [0.1, 0.15) is 16.8 Å². The summed E-state index contributed by atoms with van der Waals surface area (Å²) in [6.07, 6.45) is 1.68. The molecule has 0 saturated carbocycles. The molecule has 0 atom stereocenters. The van der Waals surface area contributed by atoms with E-state index in [-0.39, 0.29) is 4.90 Å². The van der Waals surface area contributed by atoms with Crippen LogP contribution in [-0.2, 0) is 22.9 Å². The van der Waals surface area contributed by atoms with Crippen molar-refractivity contribution in [1.82, 2.24) is 4.98 Å². The molecule has 4 rings (SSSR count). The van der Waals surface area contributed by atoms with E-state index < -0.39 is 10.0 Å². The van der Waals surface area contributed by atoms with Gasteiger partial charge in [0.1, 0.15) is 0 Å². The molecule has 0 bridgehead atoms. The first-order chi connectivity index (χ1) is 14.0. The molecule has 0 amide bonds. The van der Waals surface area contributed by atoms with Crippen LogP contribution in [0.5, 0.6) is 0 Å². The van der Waals surface area contributed by atoms with Gasteiger partial charge in [-0.2, -0.15) is 0 Å². The Balaban J connectivity index is 1.63. The number of aromatic nitrogens is 1. The van der Waals surface area contributed by atoms with Gasteiger partial charge >= 0.3 is 0 Å². The van der Waals surface area contributed by atoms with Crippen LogP contribution in [0.4, 0.5) is 5.69 Å². The Kier molecular flexibility index (Phi) is 5.32. The van der Waals surface area contributed by atoms with Crippen molar-refractivity contribution in [1.29, 1.82) is 0 Å². The number of para-hydroxylation sites is 1. The van der Waals surface area contributed by atoms with Crippen LogP contribution >= 0.6 is 0 Å². The number of benzene rings is 3. The van der Waals surface area contributed by atoms with Gasteiger partial charge in [-0.1, -0.05) is 66.2 Å². The normalized spacial score (nSPS) is 11.5. The predicted molar refractivity (Wildman–Crippen MR) is 118 cm³/mol. The molecule has 0 radical (unpaired) electrons. The Morgan fingerprint density at radius 2 is 1.55 bits per heavy atom. The second-order valence-electron chi connectivity index (χ2n) is 7.08. The van der Waals surface area contributed by atoms with E-state index in [1.54, 1.807) is 30.3 Å². The zero-order chi connectivity index (χ0) is 20.3. The fraction of sp³-hybridized carbons (Fsp3) is 0.125. The van der Waals surface area contributed by atoms with Gasteiger partial charge in [-0.15, -0.1) is 0 Å². The van der Waals surface area contributed by atoms with Crippen LogP contribution < -0.4 is 4.72 Å². The zero-order valence-corrected chi connectivity index (χ0v) is 17.0. The molecule has 0 aliphatic carbocycles. The summed E-state index contributed by atoms with van der Waals surface area (Å²) < 4.78 is 28.3. The molecule has 29 heavy (non-hydrogen) atoms. The maximum atomic E-state index is 12.8. The smallest absolute Gasteiger partial charge is 0.261 e. The Labute approximate surface area is 171 Å². The number of nitrogens with zero attached hydrogens (tertiary/aromatic N) is 1. The third-order valence-electron chi connectivity index (χ3n) is 4.87. The average molecular weight is 403 g/mol. The van der Waals surface area contributed by atoms with Gasteiger partial charge in [0.15, 0.2) is 0 Å². The molecule has 0 saturated heterocycles. The quantitative estimate of drug-likeness (QED) is 0.486. The highest BCUT2D eigenvalue weighted by Gasteiger charge is 2.16. The van der Waals surface area contributed by atoms with Gasteiger partial charge in [0, 0.05) is 11.1 Å². The molecule has 1 N–H and O–H groups in total. The Morgan fingerprint density at radius 1 is 0.793 bits per heavy atom. The fourth-order valence-electron chi connectivity index (χ4n) is 3.25. The van der Waals surface area contributed by atoms with Crippen LogP contribution in [0.2, 0.25) is 0 Å². The topological polar surface area (TPSA) is 59.1 Å². The molecule has 3 aromatic carbocycles. The van der Waals surface area contributed by atoms with Gasteiger partial charge in [-0.05, 0) is 49.6 Å². The van der Waals surface area contributed by atoms with Crippen LogP contribution in [0, 0.1) is 6.92 Å². The molecule has 4 aromatic rings. The van der Waals surface area contributed by atoms with Gasteiger partial charge in [-0.3, -0.25) is 9.71 Å². The highest BCUT2D eigenvalue weighted by molar-refractivity contribution is 7.92. The predicted octanol–water partition coefficient (Wildman–Crippen LogP) is 5.13. The Bertz CT molecular complexity index is 1240. The van der Waals surface area contributed by atoms with Gasteiger partial charge in [0.05, 0.1) is 16.1 Å². The monoisotopic (exact) mass is 402 g/mol. The highest BCUT2D eigenvalue weighted by atomic mass is 32.2. The van der Waals surface area contributed by atoms with Crippen molar-refractivity contribution in [2.45, 2.75) is 24.7 Å². The Morgan fingerprint density at radius 3 is 2.31 bits per heavy atom. The molecular weight excluding hydrogens is 380 g/mol. The van der Waals surface area contributed by atoms with Crippen molar-refractivity contribution in [2.75, 3.05) is 4.72 Å². The average Bonchev–Trinajstić information content (AvgIpc) is 2.73. The zero-order valence-electron chi connectivity index (χ0n) is 16.2. The number of rotatable bonds is 6. The summed E-state index contributed by atoms with van der Waals surface area (Å²) in [6, 6.07) is 26.6. The molecule has 0 fully saturated rings. The maximum absolute atomic E-state index is 12.8. The minimum Gasteiger partial charge on any atom is -0.277 e. The summed E-state index contributed by atoms with van der Waals surface area (Å²) in [6.45, 7) is 1.93.